The van der Waals surface area contributed by atoms with Gasteiger partial charge in [-0.1, -0.05) is 23.7 Å². The molecule has 0 aliphatic carbocycles. The number of carbonyl (C=O) groups excluding carboxylic acids is 2. The Labute approximate surface area is 293 Å². The zero-order valence-electron chi connectivity index (χ0n) is 26.9. The number of benzene rings is 4. The molecule has 0 N–H and O–H groups in total. The SMILES string of the molecule is COC(=O)c1ccc(-c2cc(-c3ccc(C(F)(F)F)cc3CN3C(=O)O[C@H](c4cc(C(F)(F)F)cc(C(F)(F)F)c4)[C@@H]3C)c(OC)cc2F)c(Cl)c1. The lowest BCUT2D eigenvalue weighted by Crippen LogP contribution is -2.32. The summed E-state index contributed by atoms with van der Waals surface area (Å²) < 4.78 is 154. The number of methoxy groups -OCH3 is 2. The second kappa shape index (κ2) is 13.9. The van der Waals surface area contributed by atoms with E-state index in [4.69, 9.17) is 21.1 Å². The van der Waals surface area contributed by atoms with E-state index in [0.717, 1.165) is 37.3 Å². The van der Waals surface area contributed by atoms with E-state index in [1.165, 1.54) is 31.2 Å². The molecule has 1 heterocycles. The van der Waals surface area contributed by atoms with Gasteiger partial charge in [0.1, 0.15) is 17.7 Å². The molecule has 52 heavy (non-hydrogen) atoms. The number of halogens is 11. The fourth-order valence-corrected chi connectivity index (χ4v) is 6.05. The Bertz CT molecular complexity index is 2010. The molecule has 17 heteroatoms. The molecule has 1 saturated heterocycles. The summed E-state index contributed by atoms with van der Waals surface area (Å²) in [7, 11) is 2.30. The number of amides is 1. The van der Waals surface area contributed by atoms with Gasteiger partial charge in [0.25, 0.3) is 0 Å². The number of carbonyl (C=O) groups is 2. The van der Waals surface area contributed by atoms with E-state index < -0.39 is 77.4 Å². The molecular weight excluding hydrogens is 740 g/mol. The summed E-state index contributed by atoms with van der Waals surface area (Å²) in [6.07, 6.45) is -18.2. The first-order valence-corrected chi connectivity index (χ1v) is 15.2. The van der Waals surface area contributed by atoms with Gasteiger partial charge in [-0.3, -0.25) is 4.90 Å². The van der Waals surface area contributed by atoms with Crippen LogP contribution in [-0.4, -0.2) is 37.2 Å². The van der Waals surface area contributed by atoms with Crippen LogP contribution >= 0.6 is 11.6 Å². The summed E-state index contributed by atoms with van der Waals surface area (Å²) >= 11 is 6.38. The van der Waals surface area contributed by atoms with E-state index in [1.807, 2.05) is 0 Å². The zero-order chi connectivity index (χ0) is 38.5. The molecule has 276 valence electrons. The smallest absolute Gasteiger partial charge is 0.416 e. The number of rotatable bonds is 7. The van der Waals surface area contributed by atoms with Crippen molar-refractivity contribution < 1.29 is 67.7 Å². The third kappa shape index (κ3) is 7.61. The average molecular weight is 764 g/mol. The van der Waals surface area contributed by atoms with Gasteiger partial charge in [0, 0.05) is 27.8 Å². The number of hydrogen-bond acceptors (Lipinski definition) is 5. The number of esters is 1. The van der Waals surface area contributed by atoms with Crippen LogP contribution in [0.4, 0.5) is 48.7 Å². The first-order chi connectivity index (χ1) is 24.1. The molecule has 1 aliphatic rings. The van der Waals surface area contributed by atoms with E-state index >= 15 is 4.39 Å². The van der Waals surface area contributed by atoms with Gasteiger partial charge in [0.15, 0.2) is 0 Å². The van der Waals surface area contributed by atoms with Gasteiger partial charge in [0.05, 0.1) is 49.1 Å². The summed E-state index contributed by atoms with van der Waals surface area (Å²) in [6, 6.07) is 7.84. The minimum Gasteiger partial charge on any atom is -0.496 e. The predicted molar refractivity (Wildman–Crippen MR) is 166 cm³/mol. The van der Waals surface area contributed by atoms with Gasteiger partial charge in [-0.25, -0.2) is 14.0 Å². The third-order valence-corrected chi connectivity index (χ3v) is 8.68. The zero-order valence-corrected chi connectivity index (χ0v) is 27.6. The van der Waals surface area contributed by atoms with Crippen LogP contribution in [-0.2, 0) is 34.5 Å². The van der Waals surface area contributed by atoms with Crippen LogP contribution in [0, 0.1) is 5.82 Å². The van der Waals surface area contributed by atoms with Crippen molar-refractivity contribution in [1.82, 2.24) is 4.90 Å². The lowest BCUT2D eigenvalue weighted by Gasteiger charge is -2.24. The maximum atomic E-state index is 15.5. The van der Waals surface area contributed by atoms with Gasteiger partial charge in [0.2, 0.25) is 0 Å². The lowest BCUT2D eigenvalue weighted by atomic mass is 9.92. The monoisotopic (exact) mass is 763 g/mol. The molecule has 0 spiro atoms. The van der Waals surface area contributed by atoms with Crippen molar-refractivity contribution in [3.8, 4) is 28.0 Å². The summed E-state index contributed by atoms with van der Waals surface area (Å²) in [6.45, 7) is 0.554. The van der Waals surface area contributed by atoms with Gasteiger partial charge >= 0.3 is 30.6 Å². The molecule has 6 nitrogen and oxygen atoms in total. The highest BCUT2D eigenvalue weighted by Gasteiger charge is 2.44. The van der Waals surface area contributed by atoms with Crippen molar-refractivity contribution in [3.05, 3.63) is 111 Å². The van der Waals surface area contributed by atoms with E-state index in [0.29, 0.717) is 18.2 Å². The molecule has 1 amide bonds. The second-order valence-corrected chi connectivity index (χ2v) is 12.0. The first kappa shape index (κ1) is 38.2. The molecule has 0 unspecified atom stereocenters. The Morgan fingerprint density at radius 3 is 1.90 bits per heavy atom. The number of hydrogen-bond donors (Lipinski definition) is 0. The highest BCUT2D eigenvalue weighted by atomic mass is 35.5. The van der Waals surface area contributed by atoms with Gasteiger partial charge in [-0.05, 0) is 72.1 Å². The molecule has 2 atom stereocenters. The quantitative estimate of drug-likeness (QED) is 0.139. The van der Waals surface area contributed by atoms with E-state index in [9.17, 15) is 49.1 Å². The Morgan fingerprint density at radius 2 is 1.37 bits per heavy atom. The maximum Gasteiger partial charge on any atom is 0.416 e. The Hall–Kier alpha value is -4.99. The molecule has 4 aromatic rings. The summed E-state index contributed by atoms with van der Waals surface area (Å²) in [5.74, 6) is -1.77. The van der Waals surface area contributed by atoms with Gasteiger partial charge < -0.3 is 14.2 Å². The Kier molecular flexibility index (Phi) is 10.2. The van der Waals surface area contributed by atoms with Crippen LogP contribution in [0.1, 0.15) is 51.2 Å². The van der Waals surface area contributed by atoms with Gasteiger partial charge in [-0.2, -0.15) is 39.5 Å². The largest absolute Gasteiger partial charge is 0.496 e. The number of ether oxygens (including phenoxy) is 3. The van der Waals surface area contributed by atoms with Gasteiger partial charge in [-0.15, -0.1) is 0 Å². The molecule has 0 aromatic heterocycles. The third-order valence-electron chi connectivity index (χ3n) is 8.36. The van der Waals surface area contributed by atoms with Crippen LogP contribution in [0.25, 0.3) is 22.3 Å². The minimum atomic E-state index is -5.20. The van der Waals surface area contributed by atoms with Crippen LogP contribution in [0.15, 0.2) is 66.7 Å². The average Bonchev–Trinajstić information content (AvgIpc) is 3.35. The van der Waals surface area contributed by atoms with Crippen molar-refractivity contribution in [3.63, 3.8) is 0 Å². The van der Waals surface area contributed by atoms with Crippen molar-refractivity contribution in [1.29, 1.82) is 0 Å². The van der Waals surface area contributed by atoms with E-state index in [-0.39, 0.29) is 50.2 Å². The lowest BCUT2D eigenvalue weighted by molar-refractivity contribution is -0.143. The van der Waals surface area contributed by atoms with Crippen molar-refractivity contribution in [2.75, 3.05) is 14.2 Å². The Morgan fingerprint density at radius 1 is 0.769 bits per heavy atom. The van der Waals surface area contributed by atoms with Crippen LogP contribution < -0.4 is 4.74 Å². The van der Waals surface area contributed by atoms with E-state index in [2.05, 4.69) is 4.74 Å². The molecule has 0 bridgehead atoms. The molecule has 0 radical (unpaired) electrons. The second-order valence-electron chi connectivity index (χ2n) is 11.6. The molecular formula is C35H24ClF10NO5. The fraction of sp³-hybridized carbons (Fsp3) is 0.257. The van der Waals surface area contributed by atoms with Crippen molar-refractivity contribution >= 4 is 23.7 Å². The van der Waals surface area contributed by atoms with E-state index in [1.54, 1.807) is 0 Å². The number of nitrogens with zero attached hydrogens (tertiary/aromatic N) is 1. The number of cyclic esters (lactones) is 1. The first-order valence-electron chi connectivity index (χ1n) is 14.9. The highest BCUT2D eigenvalue weighted by molar-refractivity contribution is 6.33. The Balaban J connectivity index is 1.61. The molecule has 0 saturated carbocycles. The normalized spacial score (nSPS) is 16.6. The predicted octanol–water partition coefficient (Wildman–Crippen LogP) is 10.7. The minimum absolute atomic E-state index is 0.0141. The highest BCUT2D eigenvalue weighted by Crippen LogP contribution is 2.44. The summed E-state index contributed by atoms with van der Waals surface area (Å²) in [5.41, 5.74) is -5.40. The topological polar surface area (TPSA) is 65.1 Å². The van der Waals surface area contributed by atoms with Crippen LogP contribution in [0.3, 0.4) is 0 Å². The number of alkyl halides is 9. The van der Waals surface area contributed by atoms with Crippen LogP contribution in [0.5, 0.6) is 5.75 Å². The fourth-order valence-electron chi connectivity index (χ4n) is 5.77. The molecule has 1 aliphatic heterocycles. The van der Waals surface area contributed by atoms with Crippen molar-refractivity contribution in [2.24, 2.45) is 0 Å². The maximum absolute atomic E-state index is 15.5. The molecule has 5 rings (SSSR count). The van der Waals surface area contributed by atoms with Crippen LogP contribution in [0.2, 0.25) is 5.02 Å². The summed E-state index contributed by atoms with van der Waals surface area (Å²) in [4.78, 5) is 25.9. The molecule has 1 fully saturated rings. The summed E-state index contributed by atoms with van der Waals surface area (Å²) in [5, 5.41) is -0.0893. The molecule has 4 aromatic carbocycles. The van der Waals surface area contributed by atoms with Crippen molar-refractivity contribution in [2.45, 2.75) is 44.1 Å². The standard InChI is InChI=1S/C35H24ClF10NO5/c1-16-30(18-8-21(34(41,42)43)12-22(9-18)35(44,45)46)52-32(49)47(16)15-19-10-20(33(38,39)40)5-7-23(19)26-13-25(28(37)14-29(26)50-2)24-6-4-17(11-27(24)36)31(48)51-3/h4-14,16,30H,15H2,1-3H3/t16-,30-/m0/s1.